The van der Waals surface area contributed by atoms with Gasteiger partial charge in [0.2, 0.25) is 5.91 Å². The van der Waals surface area contributed by atoms with Crippen molar-refractivity contribution in [2.75, 3.05) is 5.32 Å². The predicted octanol–water partition coefficient (Wildman–Crippen LogP) is 5.47. The standard InChI is InChI=1S/C29H24N4O3S2/c30-26(35)21-13-23(18-7-2-1-3-8-18)38-27(21)32-24(34)14-33-16-31-28-25(29(33)36)22(15-37-28)20-11-10-17-6-4-5-9-19(17)12-20/h1-3,7-8,10-13,15-16H,4-6,9,14H2,(H2,30,35)(H,32,34). The van der Waals surface area contributed by atoms with Crippen molar-refractivity contribution in [3.8, 4) is 21.6 Å². The fraction of sp³-hybridized carbons (Fsp3) is 0.172. The van der Waals surface area contributed by atoms with E-state index in [-0.39, 0.29) is 17.7 Å². The van der Waals surface area contributed by atoms with Crippen molar-refractivity contribution in [3.63, 3.8) is 0 Å². The Morgan fingerprint density at radius 1 is 1.00 bits per heavy atom. The quantitative estimate of drug-likeness (QED) is 0.298. The molecule has 1 aliphatic rings. The lowest BCUT2D eigenvalue weighted by Crippen LogP contribution is -2.28. The van der Waals surface area contributed by atoms with Crippen molar-refractivity contribution in [2.24, 2.45) is 5.73 Å². The normalized spacial score (nSPS) is 12.8. The molecule has 0 spiro atoms. The number of hydrogen-bond donors (Lipinski definition) is 2. The molecule has 7 nitrogen and oxygen atoms in total. The Morgan fingerprint density at radius 2 is 1.79 bits per heavy atom. The molecule has 0 saturated heterocycles. The lowest BCUT2D eigenvalue weighted by Gasteiger charge is -2.16. The van der Waals surface area contributed by atoms with Gasteiger partial charge < -0.3 is 11.1 Å². The number of hydrogen-bond acceptors (Lipinski definition) is 6. The van der Waals surface area contributed by atoms with Gasteiger partial charge in [0, 0.05) is 15.8 Å². The minimum absolute atomic E-state index is 0.232. The number of amides is 2. The van der Waals surface area contributed by atoms with Gasteiger partial charge in [-0.2, -0.15) is 0 Å². The number of thiophene rings is 2. The first kappa shape index (κ1) is 24.3. The minimum atomic E-state index is -0.632. The van der Waals surface area contributed by atoms with Gasteiger partial charge in [0.1, 0.15) is 16.4 Å². The molecule has 3 aromatic heterocycles. The van der Waals surface area contributed by atoms with E-state index in [1.54, 1.807) is 6.07 Å². The second kappa shape index (κ2) is 10.00. The Hall–Kier alpha value is -4.08. The maximum atomic E-state index is 13.5. The summed E-state index contributed by atoms with van der Waals surface area (Å²) in [6, 6.07) is 17.6. The molecule has 0 atom stereocenters. The van der Waals surface area contributed by atoms with Gasteiger partial charge in [-0.25, -0.2) is 4.98 Å². The molecule has 2 amide bonds. The highest BCUT2D eigenvalue weighted by atomic mass is 32.1. The Balaban J connectivity index is 1.29. The summed E-state index contributed by atoms with van der Waals surface area (Å²) in [6.45, 7) is -0.238. The molecule has 1 aliphatic carbocycles. The molecule has 3 N–H and O–H groups in total. The number of primary amides is 1. The molecule has 6 rings (SSSR count). The van der Waals surface area contributed by atoms with E-state index in [0.717, 1.165) is 34.4 Å². The van der Waals surface area contributed by atoms with Gasteiger partial charge in [-0.1, -0.05) is 48.5 Å². The number of anilines is 1. The molecule has 0 unspecified atom stereocenters. The first-order valence-electron chi connectivity index (χ1n) is 12.4. The van der Waals surface area contributed by atoms with Gasteiger partial charge in [0.15, 0.2) is 0 Å². The van der Waals surface area contributed by atoms with Gasteiger partial charge in [-0.3, -0.25) is 19.0 Å². The molecule has 0 aliphatic heterocycles. The van der Waals surface area contributed by atoms with Crippen molar-refractivity contribution in [3.05, 3.63) is 93.3 Å². The topological polar surface area (TPSA) is 107 Å². The molecule has 38 heavy (non-hydrogen) atoms. The van der Waals surface area contributed by atoms with Crippen molar-refractivity contribution in [1.29, 1.82) is 0 Å². The number of carbonyl (C=O) groups excluding carboxylic acids is 2. The average Bonchev–Trinajstić information content (AvgIpc) is 3.56. The molecule has 0 saturated carbocycles. The molecule has 0 radical (unpaired) electrons. The smallest absolute Gasteiger partial charge is 0.263 e. The SMILES string of the molecule is NC(=O)c1cc(-c2ccccc2)sc1NC(=O)Cn1cnc2scc(-c3ccc4c(c3)CCCC4)c2c1=O. The van der Waals surface area contributed by atoms with Crippen LogP contribution >= 0.6 is 22.7 Å². The van der Waals surface area contributed by atoms with Crippen LogP contribution in [0.15, 0.2) is 71.1 Å². The number of aromatic nitrogens is 2. The molecule has 2 aromatic carbocycles. The van der Waals surface area contributed by atoms with Crippen LogP contribution in [0.5, 0.6) is 0 Å². The van der Waals surface area contributed by atoms with Gasteiger partial charge in [0.25, 0.3) is 11.5 Å². The Bertz CT molecular complexity index is 1750. The number of fused-ring (bicyclic) bond motifs is 2. The van der Waals surface area contributed by atoms with Crippen LogP contribution < -0.4 is 16.6 Å². The van der Waals surface area contributed by atoms with Gasteiger partial charge >= 0.3 is 0 Å². The summed E-state index contributed by atoms with van der Waals surface area (Å²) in [5.74, 6) is -1.07. The van der Waals surface area contributed by atoms with Gasteiger partial charge in [0.05, 0.1) is 17.3 Å². The fourth-order valence-corrected chi connectivity index (χ4v) is 6.92. The van der Waals surface area contributed by atoms with Crippen LogP contribution in [0.1, 0.15) is 34.3 Å². The number of rotatable bonds is 6. The van der Waals surface area contributed by atoms with Crippen molar-refractivity contribution >= 4 is 49.7 Å². The highest BCUT2D eigenvalue weighted by molar-refractivity contribution is 7.20. The highest BCUT2D eigenvalue weighted by Gasteiger charge is 2.19. The van der Waals surface area contributed by atoms with Crippen LogP contribution in [0.25, 0.3) is 31.8 Å². The van der Waals surface area contributed by atoms with E-state index in [1.807, 2.05) is 35.7 Å². The maximum absolute atomic E-state index is 13.5. The largest absolute Gasteiger partial charge is 0.366 e. The van der Waals surface area contributed by atoms with E-state index in [0.29, 0.717) is 15.2 Å². The average molecular weight is 541 g/mol. The molecule has 9 heteroatoms. The van der Waals surface area contributed by atoms with Crippen LogP contribution in [0.3, 0.4) is 0 Å². The molecule has 0 fully saturated rings. The van der Waals surface area contributed by atoms with Gasteiger partial charge in [-0.05, 0) is 54.0 Å². The summed E-state index contributed by atoms with van der Waals surface area (Å²) < 4.78 is 1.31. The Morgan fingerprint density at radius 3 is 2.58 bits per heavy atom. The minimum Gasteiger partial charge on any atom is -0.366 e. The molecular weight excluding hydrogens is 516 g/mol. The van der Waals surface area contributed by atoms with Crippen LogP contribution in [0.4, 0.5) is 5.00 Å². The third kappa shape index (κ3) is 4.55. The van der Waals surface area contributed by atoms with E-state index in [2.05, 4.69) is 28.5 Å². The molecule has 5 aromatic rings. The fourth-order valence-electron chi connectivity index (χ4n) is 4.93. The number of benzene rings is 2. The molecule has 3 heterocycles. The summed E-state index contributed by atoms with van der Waals surface area (Å²) in [7, 11) is 0. The van der Waals surface area contributed by atoms with E-state index in [1.165, 1.54) is 57.5 Å². The van der Waals surface area contributed by atoms with Crippen molar-refractivity contribution < 1.29 is 9.59 Å². The van der Waals surface area contributed by atoms with Crippen LogP contribution in [-0.4, -0.2) is 21.4 Å². The summed E-state index contributed by atoms with van der Waals surface area (Å²) in [5, 5.41) is 5.61. The summed E-state index contributed by atoms with van der Waals surface area (Å²) in [5.41, 5.74) is 11.0. The zero-order valence-electron chi connectivity index (χ0n) is 20.4. The maximum Gasteiger partial charge on any atom is 0.263 e. The number of nitrogens with zero attached hydrogens (tertiary/aromatic N) is 2. The Labute approximate surface area is 226 Å². The van der Waals surface area contributed by atoms with E-state index >= 15 is 0 Å². The molecule has 0 bridgehead atoms. The predicted molar refractivity (Wildman–Crippen MR) is 153 cm³/mol. The zero-order valence-corrected chi connectivity index (χ0v) is 22.0. The molecular formula is C29H24N4O3S2. The lowest BCUT2D eigenvalue weighted by atomic mass is 9.89. The van der Waals surface area contributed by atoms with Crippen LogP contribution in [0, 0.1) is 0 Å². The third-order valence-corrected chi connectivity index (χ3v) is 8.83. The summed E-state index contributed by atoms with van der Waals surface area (Å²) >= 11 is 2.69. The first-order valence-corrected chi connectivity index (χ1v) is 14.1. The zero-order chi connectivity index (χ0) is 26.2. The van der Waals surface area contributed by atoms with Crippen LogP contribution in [0.2, 0.25) is 0 Å². The number of nitrogens with two attached hydrogens (primary N) is 1. The van der Waals surface area contributed by atoms with E-state index < -0.39 is 11.8 Å². The second-order valence-electron chi connectivity index (χ2n) is 9.33. The van der Waals surface area contributed by atoms with Gasteiger partial charge in [-0.15, -0.1) is 22.7 Å². The number of carbonyl (C=O) groups is 2. The van der Waals surface area contributed by atoms with Crippen LogP contribution in [-0.2, 0) is 24.2 Å². The first-order chi connectivity index (χ1) is 18.5. The number of aryl methyl sites for hydroxylation is 2. The van der Waals surface area contributed by atoms with Crippen molar-refractivity contribution in [2.45, 2.75) is 32.2 Å². The number of nitrogens with one attached hydrogen (secondary N) is 1. The third-order valence-electron chi connectivity index (χ3n) is 6.84. The Kier molecular flexibility index (Phi) is 6.39. The molecule has 190 valence electrons. The summed E-state index contributed by atoms with van der Waals surface area (Å²) in [6.07, 6.45) is 5.94. The van der Waals surface area contributed by atoms with E-state index in [9.17, 15) is 14.4 Å². The monoisotopic (exact) mass is 540 g/mol. The summed E-state index contributed by atoms with van der Waals surface area (Å²) in [4.78, 5) is 44.5. The highest BCUT2D eigenvalue weighted by Crippen LogP contribution is 2.36. The second-order valence-corrected chi connectivity index (χ2v) is 11.2. The van der Waals surface area contributed by atoms with E-state index in [4.69, 9.17) is 5.73 Å². The van der Waals surface area contributed by atoms with Crippen molar-refractivity contribution in [1.82, 2.24) is 9.55 Å². The lowest BCUT2D eigenvalue weighted by molar-refractivity contribution is -0.116.